The number of likely N-dealkylation sites (tertiary alicyclic amines) is 1. The molecule has 1 aromatic rings. The van der Waals surface area contributed by atoms with Crippen LogP contribution in [-0.2, 0) is 14.3 Å². The third-order valence-electron chi connectivity index (χ3n) is 4.35. The van der Waals surface area contributed by atoms with E-state index in [1.54, 1.807) is 13.0 Å². The van der Waals surface area contributed by atoms with E-state index in [1.807, 2.05) is 0 Å². The average molecular weight is 398 g/mol. The number of carbonyl (C=O) groups excluding carboxylic acids is 3. The normalized spacial score (nSPS) is 16.6. The van der Waals surface area contributed by atoms with Gasteiger partial charge in [0.15, 0.2) is 0 Å². The van der Waals surface area contributed by atoms with Gasteiger partial charge >= 0.3 is 12.6 Å². The Balaban J connectivity index is 1.94. The lowest BCUT2D eigenvalue weighted by Gasteiger charge is -2.32. The largest absolute Gasteiger partial charge is 0.466 e. The minimum Gasteiger partial charge on any atom is -0.466 e. The van der Waals surface area contributed by atoms with E-state index in [-0.39, 0.29) is 49.3 Å². The van der Waals surface area contributed by atoms with E-state index in [0.717, 1.165) is 0 Å². The monoisotopic (exact) mass is 398 g/mol. The second-order valence-corrected chi connectivity index (χ2v) is 6.31. The quantitative estimate of drug-likeness (QED) is 0.679. The minimum atomic E-state index is -3.03. The number of nitrogens with zero attached hydrogens (tertiary/aromatic N) is 1. The van der Waals surface area contributed by atoms with Crippen LogP contribution in [0, 0.1) is 5.92 Å². The van der Waals surface area contributed by atoms with Crippen molar-refractivity contribution in [2.45, 2.75) is 32.8 Å². The number of carbonyl (C=O) groups is 3. The predicted molar refractivity (Wildman–Crippen MR) is 96.0 cm³/mol. The lowest BCUT2D eigenvalue weighted by molar-refractivity contribution is -0.143. The zero-order valence-corrected chi connectivity index (χ0v) is 15.7. The summed E-state index contributed by atoms with van der Waals surface area (Å²) in [5.41, 5.74) is 0.0335. The summed E-state index contributed by atoms with van der Waals surface area (Å²) in [6.45, 7) is -0.291. The molecule has 1 aromatic carbocycles. The molecule has 2 amide bonds. The Bertz CT molecular complexity index is 699. The van der Waals surface area contributed by atoms with Gasteiger partial charge in [-0.05, 0) is 31.9 Å². The van der Waals surface area contributed by atoms with Crippen LogP contribution >= 0.6 is 0 Å². The molecule has 1 heterocycles. The Morgan fingerprint density at radius 3 is 2.75 bits per heavy atom. The van der Waals surface area contributed by atoms with Gasteiger partial charge in [-0.25, -0.2) is 0 Å². The number of hydrogen-bond donors (Lipinski definition) is 1. The zero-order valence-electron chi connectivity index (χ0n) is 15.7. The van der Waals surface area contributed by atoms with E-state index in [9.17, 15) is 23.2 Å². The van der Waals surface area contributed by atoms with Gasteiger partial charge in [0.1, 0.15) is 5.75 Å². The number of para-hydroxylation sites is 1. The van der Waals surface area contributed by atoms with Crippen LogP contribution in [-0.4, -0.2) is 55.5 Å². The number of amides is 2. The van der Waals surface area contributed by atoms with Crippen molar-refractivity contribution in [3.8, 4) is 5.75 Å². The van der Waals surface area contributed by atoms with Gasteiger partial charge in [-0.2, -0.15) is 8.78 Å². The summed E-state index contributed by atoms with van der Waals surface area (Å²) in [5.74, 6) is -1.72. The van der Waals surface area contributed by atoms with Crippen molar-refractivity contribution in [3.05, 3.63) is 29.8 Å². The molecule has 0 aromatic heterocycles. The van der Waals surface area contributed by atoms with Crippen LogP contribution < -0.4 is 10.1 Å². The zero-order chi connectivity index (χ0) is 20.5. The second kappa shape index (κ2) is 10.6. The smallest absolute Gasteiger partial charge is 0.387 e. The maximum atomic E-state index is 12.8. The molecule has 0 radical (unpaired) electrons. The predicted octanol–water partition coefficient (Wildman–Crippen LogP) is 2.21. The standard InChI is InChI=1S/C19H24F2N2O5/c1-2-27-16(24)9-10-22-17(25)13-6-5-11-23(12-13)18(26)14-7-3-4-8-15(14)28-19(20)21/h3-4,7-8,13,19H,2,5-6,9-12H2,1H3,(H,22,25). The number of esters is 1. The van der Waals surface area contributed by atoms with Gasteiger partial charge < -0.3 is 19.7 Å². The Morgan fingerprint density at radius 2 is 2.04 bits per heavy atom. The number of ether oxygens (including phenoxy) is 2. The van der Waals surface area contributed by atoms with Crippen LogP contribution in [0.5, 0.6) is 5.75 Å². The molecule has 0 saturated carbocycles. The summed E-state index contributed by atoms with van der Waals surface area (Å²) < 4.78 is 34.3. The summed E-state index contributed by atoms with van der Waals surface area (Å²) in [4.78, 5) is 37.9. The molecule has 1 aliphatic rings. The van der Waals surface area contributed by atoms with E-state index < -0.39 is 18.4 Å². The molecule has 0 bridgehead atoms. The molecule has 1 atom stereocenters. The van der Waals surface area contributed by atoms with Crippen LogP contribution in [0.15, 0.2) is 24.3 Å². The van der Waals surface area contributed by atoms with Crippen LogP contribution in [0.25, 0.3) is 0 Å². The summed E-state index contributed by atoms with van der Waals surface area (Å²) in [7, 11) is 0. The SMILES string of the molecule is CCOC(=O)CCNC(=O)C1CCCN(C(=O)c2ccccc2OC(F)F)C1. The van der Waals surface area contributed by atoms with Crippen molar-refractivity contribution < 1.29 is 32.6 Å². The Hall–Kier alpha value is -2.71. The number of rotatable bonds is 8. The van der Waals surface area contributed by atoms with E-state index in [4.69, 9.17) is 4.74 Å². The number of piperidine rings is 1. The number of hydrogen-bond acceptors (Lipinski definition) is 5. The van der Waals surface area contributed by atoms with Gasteiger partial charge in [0.25, 0.3) is 5.91 Å². The highest BCUT2D eigenvalue weighted by Crippen LogP contribution is 2.25. The second-order valence-electron chi connectivity index (χ2n) is 6.31. The van der Waals surface area contributed by atoms with Gasteiger partial charge in [0.2, 0.25) is 5.91 Å². The van der Waals surface area contributed by atoms with E-state index in [0.29, 0.717) is 19.4 Å². The first kappa shape index (κ1) is 21.6. The fourth-order valence-corrected chi connectivity index (χ4v) is 3.05. The lowest BCUT2D eigenvalue weighted by atomic mass is 9.96. The van der Waals surface area contributed by atoms with Crippen LogP contribution in [0.4, 0.5) is 8.78 Å². The highest BCUT2D eigenvalue weighted by atomic mass is 19.3. The van der Waals surface area contributed by atoms with Gasteiger partial charge in [-0.1, -0.05) is 12.1 Å². The fraction of sp³-hybridized carbons (Fsp3) is 0.526. The number of nitrogens with one attached hydrogen (secondary N) is 1. The Kier molecular flexibility index (Phi) is 8.16. The molecule has 1 aliphatic heterocycles. The molecule has 2 rings (SSSR count). The Morgan fingerprint density at radius 1 is 1.29 bits per heavy atom. The molecule has 9 heteroatoms. The van der Waals surface area contributed by atoms with Gasteiger partial charge in [-0.3, -0.25) is 14.4 Å². The number of benzene rings is 1. The molecule has 28 heavy (non-hydrogen) atoms. The van der Waals surface area contributed by atoms with Crippen LogP contribution in [0.3, 0.4) is 0 Å². The van der Waals surface area contributed by atoms with Crippen molar-refractivity contribution in [1.29, 1.82) is 0 Å². The third kappa shape index (κ3) is 6.17. The van der Waals surface area contributed by atoms with Crippen molar-refractivity contribution in [1.82, 2.24) is 10.2 Å². The Labute approximate surface area is 162 Å². The first-order valence-electron chi connectivity index (χ1n) is 9.18. The van der Waals surface area contributed by atoms with E-state index in [1.165, 1.54) is 23.1 Å². The summed E-state index contributed by atoms with van der Waals surface area (Å²) >= 11 is 0. The van der Waals surface area contributed by atoms with Crippen molar-refractivity contribution >= 4 is 17.8 Å². The van der Waals surface area contributed by atoms with Crippen molar-refractivity contribution in [2.75, 3.05) is 26.2 Å². The molecule has 1 fully saturated rings. The average Bonchev–Trinajstić information content (AvgIpc) is 2.67. The molecular formula is C19H24F2N2O5. The highest BCUT2D eigenvalue weighted by Gasteiger charge is 2.30. The summed E-state index contributed by atoms with van der Waals surface area (Å²) in [6.07, 6.45) is 1.29. The van der Waals surface area contributed by atoms with Crippen LogP contribution in [0.1, 0.15) is 36.5 Å². The van der Waals surface area contributed by atoms with Gasteiger partial charge in [0, 0.05) is 19.6 Å². The molecule has 7 nitrogen and oxygen atoms in total. The molecule has 154 valence electrons. The first-order chi connectivity index (χ1) is 13.4. The molecule has 1 saturated heterocycles. The molecule has 0 spiro atoms. The molecule has 1 unspecified atom stereocenters. The summed E-state index contributed by atoms with van der Waals surface area (Å²) in [5, 5.41) is 2.68. The minimum absolute atomic E-state index is 0.0335. The van der Waals surface area contributed by atoms with Gasteiger partial charge in [0.05, 0.1) is 24.5 Å². The summed E-state index contributed by atoms with van der Waals surface area (Å²) in [6, 6.07) is 5.80. The fourth-order valence-electron chi connectivity index (χ4n) is 3.05. The lowest BCUT2D eigenvalue weighted by Crippen LogP contribution is -2.45. The van der Waals surface area contributed by atoms with Crippen LogP contribution in [0.2, 0.25) is 0 Å². The van der Waals surface area contributed by atoms with E-state index >= 15 is 0 Å². The third-order valence-corrected chi connectivity index (χ3v) is 4.35. The molecule has 1 N–H and O–H groups in total. The highest BCUT2D eigenvalue weighted by molar-refractivity contribution is 5.97. The number of halogens is 2. The molecular weight excluding hydrogens is 374 g/mol. The maximum absolute atomic E-state index is 12.8. The van der Waals surface area contributed by atoms with Crippen molar-refractivity contribution in [3.63, 3.8) is 0 Å². The van der Waals surface area contributed by atoms with Crippen molar-refractivity contribution in [2.24, 2.45) is 5.92 Å². The number of alkyl halides is 2. The topological polar surface area (TPSA) is 84.9 Å². The van der Waals surface area contributed by atoms with Gasteiger partial charge in [-0.15, -0.1) is 0 Å². The van der Waals surface area contributed by atoms with E-state index in [2.05, 4.69) is 10.1 Å². The maximum Gasteiger partial charge on any atom is 0.387 e. The molecule has 0 aliphatic carbocycles. The first-order valence-corrected chi connectivity index (χ1v) is 9.18.